The molecule has 6 heteroatoms. The highest BCUT2D eigenvalue weighted by Gasteiger charge is 2.33. The Bertz CT molecular complexity index is 592. The second kappa shape index (κ2) is 5.64. The number of nitrogens with zero attached hydrogens (tertiary/aromatic N) is 1. The molecule has 2 rings (SSSR count). The van der Waals surface area contributed by atoms with E-state index in [1.165, 1.54) is 24.3 Å². The van der Waals surface area contributed by atoms with Crippen LogP contribution in [0.1, 0.15) is 0 Å². The van der Waals surface area contributed by atoms with Crippen molar-refractivity contribution < 1.29 is 17.9 Å². The lowest BCUT2D eigenvalue weighted by Gasteiger charge is -2.07. The van der Waals surface area contributed by atoms with Crippen molar-refractivity contribution in [2.45, 2.75) is 6.18 Å². The van der Waals surface area contributed by atoms with E-state index in [1.54, 1.807) is 12.1 Å². The van der Waals surface area contributed by atoms with Crippen LogP contribution in [0.5, 0.6) is 11.5 Å². The molecule has 20 heavy (non-hydrogen) atoms. The molecule has 2 aromatic rings. The smallest absolute Gasteiger partial charge is 0.448 e. The van der Waals surface area contributed by atoms with E-state index in [0.29, 0.717) is 11.5 Å². The maximum atomic E-state index is 12.2. The van der Waals surface area contributed by atoms with Gasteiger partial charge in [-0.05, 0) is 36.4 Å². The molecule has 0 aliphatic carbocycles. The first-order chi connectivity index (χ1) is 9.45. The molecule has 0 atom stereocenters. The first kappa shape index (κ1) is 13.9. The summed E-state index contributed by atoms with van der Waals surface area (Å²) in [6, 6.07) is 14.9. The Morgan fingerprint density at radius 3 is 2.00 bits per heavy atom. The van der Waals surface area contributed by atoms with Crippen LogP contribution in [0.25, 0.3) is 0 Å². The molecule has 0 unspecified atom stereocenters. The summed E-state index contributed by atoms with van der Waals surface area (Å²) in [6.07, 6.45) is -4.63. The Balaban J connectivity index is 2.11. The van der Waals surface area contributed by atoms with Crippen LogP contribution < -0.4 is 10.5 Å². The second-order valence-corrected chi connectivity index (χ2v) is 3.90. The van der Waals surface area contributed by atoms with E-state index in [1.807, 2.05) is 18.2 Å². The number of rotatable bonds is 3. The number of hydrogen-bond donors (Lipinski definition) is 1. The molecule has 0 aliphatic rings. The van der Waals surface area contributed by atoms with Crippen molar-refractivity contribution in [3.05, 3.63) is 54.6 Å². The van der Waals surface area contributed by atoms with Crippen LogP contribution in [-0.4, -0.2) is 12.0 Å². The number of amidine groups is 1. The van der Waals surface area contributed by atoms with Gasteiger partial charge in [-0.2, -0.15) is 13.2 Å². The second-order valence-electron chi connectivity index (χ2n) is 3.90. The molecular formula is C14H11F3N2O. The van der Waals surface area contributed by atoms with Gasteiger partial charge in [0.15, 0.2) is 0 Å². The Morgan fingerprint density at radius 2 is 1.45 bits per heavy atom. The van der Waals surface area contributed by atoms with Crippen molar-refractivity contribution in [3.8, 4) is 11.5 Å². The van der Waals surface area contributed by atoms with Gasteiger partial charge in [-0.3, -0.25) is 0 Å². The van der Waals surface area contributed by atoms with Gasteiger partial charge in [0.25, 0.3) is 0 Å². The fraction of sp³-hybridized carbons (Fsp3) is 0.0714. The van der Waals surface area contributed by atoms with Crippen LogP contribution in [0.15, 0.2) is 59.6 Å². The van der Waals surface area contributed by atoms with Gasteiger partial charge in [-0.25, -0.2) is 4.99 Å². The number of ether oxygens (including phenoxy) is 1. The summed E-state index contributed by atoms with van der Waals surface area (Å²) in [5.74, 6) is -0.242. The molecule has 0 saturated carbocycles. The summed E-state index contributed by atoms with van der Waals surface area (Å²) >= 11 is 0. The summed E-state index contributed by atoms with van der Waals surface area (Å²) < 4.78 is 42.2. The average molecular weight is 280 g/mol. The third-order valence-electron chi connectivity index (χ3n) is 2.36. The zero-order valence-corrected chi connectivity index (χ0v) is 10.3. The molecule has 2 N–H and O–H groups in total. The third kappa shape index (κ3) is 3.74. The molecular weight excluding hydrogens is 269 g/mol. The normalized spacial score (nSPS) is 12.2. The van der Waals surface area contributed by atoms with Crippen LogP contribution in [0.2, 0.25) is 0 Å². The molecule has 0 aromatic heterocycles. The lowest BCUT2D eigenvalue weighted by atomic mass is 10.3. The van der Waals surface area contributed by atoms with E-state index in [2.05, 4.69) is 4.99 Å². The largest absolute Gasteiger partial charge is 0.457 e. The predicted molar refractivity (Wildman–Crippen MR) is 70.3 cm³/mol. The summed E-state index contributed by atoms with van der Waals surface area (Å²) in [4.78, 5) is 3.29. The van der Waals surface area contributed by atoms with E-state index in [0.717, 1.165) is 0 Å². The Morgan fingerprint density at radius 1 is 0.900 bits per heavy atom. The van der Waals surface area contributed by atoms with Gasteiger partial charge >= 0.3 is 6.18 Å². The highest BCUT2D eigenvalue weighted by Crippen LogP contribution is 2.25. The number of para-hydroxylation sites is 1. The molecule has 0 spiro atoms. The zero-order valence-electron chi connectivity index (χ0n) is 10.3. The van der Waals surface area contributed by atoms with E-state index < -0.39 is 12.0 Å². The summed E-state index contributed by atoms with van der Waals surface area (Å²) in [5, 5.41) is 0. The van der Waals surface area contributed by atoms with Gasteiger partial charge in [0.2, 0.25) is 5.84 Å². The summed E-state index contributed by atoms with van der Waals surface area (Å²) in [6.45, 7) is 0. The summed E-state index contributed by atoms with van der Waals surface area (Å²) in [5.41, 5.74) is 4.95. The van der Waals surface area contributed by atoms with Crippen molar-refractivity contribution >= 4 is 11.5 Å². The SMILES string of the molecule is NC(=Nc1ccc(Oc2ccccc2)cc1)C(F)(F)F. The van der Waals surface area contributed by atoms with E-state index >= 15 is 0 Å². The summed E-state index contributed by atoms with van der Waals surface area (Å²) in [7, 11) is 0. The third-order valence-corrected chi connectivity index (χ3v) is 2.36. The van der Waals surface area contributed by atoms with Gasteiger partial charge < -0.3 is 10.5 Å². The standard InChI is InChI=1S/C14H11F3N2O/c15-14(16,17)13(18)19-10-6-8-12(9-7-10)20-11-4-2-1-3-5-11/h1-9H,(H2,18,19). The van der Waals surface area contributed by atoms with E-state index in [-0.39, 0.29) is 5.69 Å². The minimum atomic E-state index is -4.63. The molecule has 2 aromatic carbocycles. The van der Waals surface area contributed by atoms with Crippen LogP contribution >= 0.6 is 0 Å². The van der Waals surface area contributed by atoms with E-state index in [9.17, 15) is 13.2 Å². The van der Waals surface area contributed by atoms with Crippen molar-refractivity contribution in [3.63, 3.8) is 0 Å². The van der Waals surface area contributed by atoms with Crippen molar-refractivity contribution in [1.82, 2.24) is 0 Å². The number of halogens is 3. The highest BCUT2D eigenvalue weighted by atomic mass is 19.4. The number of benzene rings is 2. The molecule has 3 nitrogen and oxygen atoms in total. The highest BCUT2D eigenvalue weighted by molar-refractivity contribution is 5.88. The van der Waals surface area contributed by atoms with Crippen LogP contribution in [0.4, 0.5) is 18.9 Å². The number of aliphatic imine (C=N–C) groups is 1. The van der Waals surface area contributed by atoms with Gasteiger partial charge in [-0.1, -0.05) is 18.2 Å². The van der Waals surface area contributed by atoms with Crippen molar-refractivity contribution in [2.75, 3.05) is 0 Å². The molecule has 104 valence electrons. The molecule has 0 fully saturated rings. The van der Waals surface area contributed by atoms with Crippen LogP contribution in [-0.2, 0) is 0 Å². The molecule has 0 bridgehead atoms. The van der Waals surface area contributed by atoms with Gasteiger partial charge in [0.1, 0.15) is 11.5 Å². The monoisotopic (exact) mass is 280 g/mol. The maximum Gasteiger partial charge on any atom is 0.448 e. The van der Waals surface area contributed by atoms with Crippen molar-refractivity contribution in [2.24, 2.45) is 10.7 Å². The molecule has 0 amide bonds. The first-order valence-electron chi connectivity index (χ1n) is 5.69. The zero-order chi connectivity index (χ0) is 14.6. The number of hydrogen-bond acceptors (Lipinski definition) is 2. The fourth-order valence-corrected chi connectivity index (χ4v) is 1.42. The number of alkyl halides is 3. The Kier molecular flexibility index (Phi) is 3.93. The fourth-order valence-electron chi connectivity index (χ4n) is 1.42. The quantitative estimate of drug-likeness (QED) is 0.681. The molecule has 0 saturated heterocycles. The molecule has 0 radical (unpaired) electrons. The topological polar surface area (TPSA) is 47.6 Å². The maximum absolute atomic E-state index is 12.2. The molecule has 0 heterocycles. The Labute approximate surface area is 113 Å². The van der Waals surface area contributed by atoms with Gasteiger partial charge in [-0.15, -0.1) is 0 Å². The minimum Gasteiger partial charge on any atom is -0.457 e. The predicted octanol–water partition coefficient (Wildman–Crippen LogP) is 4.03. The number of nitrogens with two attached hydrogens (primary N) is 1. The lowest BCUT2D eigenvalue weighted by Crippen LogP contribution is -2.30. The minimum absolute atomic E-state index is 0.111. The van der Waals surface area contributed by atoms with E-state index in [4.69, 9.17) is 10.5 Å². The van der Waals surface area contributed by atoms with Gasteiger partial charge in [0, 0.05) is 0 Å². The Hall–Kier alpha value is -2.50. The van der Waals surface area contributed by atoms with Crippen LogP contribution in [0, 0.1) is 0 Å². The molecule has 0 aliphatic heterocycles. The first-order valence-corrected chi connectivity index (χ1v) is 5.69. The van der Waals surface area contributed by atoms with Gasteiger partial charge in [0.05, 0.1) is 5.69 Å². The van der Waals surface area contributed by atoms with Crippen molar-refractivity contribution in [1.29, 1.82) is 0 Å². The average Bonchev–Trinajstić information content (AvgIpc) is 2.41. The van der Waals surface area contributed by atoms with Crippen LogP contribution in [0.3, 0.4) is 0 Å². The lowest BCUT2D eigenvalue weighted by molar-refractivity contribution is -0.0597.